The number of nitrogens with zero attached hydrogens (tertiary/aromatic N) is 1. The number of carbonyl (C=O) groups is 2. The van der Waals surface area contributed by atoms with Crippen LogP contribution in [0.5, 0.6) is 0 Å². The fraction of sp³-hybridized carbons (Fsp3) is 0.846. The second kappa shape index (κ2) is 7.36. The monoisotopic (exact) mass is 258 g/mol. The molecule has 0 aromatic heterocycles. The predicted octanol–water partition coefficient (Wildman–Crippen LogP) is 1.17. The molecule has 0 bridgehead atoms. The summed E-state index contributed by atoms with van der Waals surface area (Å²) in [5, 5.41) is 2.80. The zero-order chi connectivity index (χ0) is 14.3. The Morgan fingerprint density at radius 1 is 1.28 bits per heavy atom. The molecule has 0 radical (unpaired) electrons. The van der Waals surface area contributed by atoms with Gasteiger partial charge in [-0.15, -0.1) is 0 Å². The van der Waals surface area contributed by atoms with Crippen molar-refractivity contribution in [2.75, 3.05) is 20.1 Å². The van der Waals surface area contributed by atoms with Crippen LogP contribution >= 0.6 is 0 Å². The molecule has 0 rings (SSSR count). The Kier molecular flexibility index (Phi) is 6.91. The molecule has 5 nitrogen and oxygen atoms in total. The minimum absolute atomic E-state index is 0.0308. The summed E-state index contributed by atoms with van der Waals surface area (Å²) in [6.07, 6.45) is 0.294. The van der Waals surface area contributed by atoms with Crippen molar-refractivity contribution in [2.45, 2.75) is 52.7 Å². The van der Waals surface area contributed by atoms with E-state index in [0.717, 1.165) is 0 Å². The lowest BCUT2D eigenvalue weighted by Crippen LogP contribution is -2.39. The van der Waals surface area contributed by atoms with Gasteiger partial charge in [0.2, 0.25) is 5.91 Å². The lowest BCUT2D eigenvalue weighted by Gasteiger charge is -2.21. The second-order valence-electron chi connectivity index (χ2n) is 5.80. The van der Waals surface area contributed by atoms with Gasteiger partial charge in [-0.05, 0) is 41.7 Å². The Balaban J connectivity index is 3.86. The fourth-order valence-electron chi connectivity index (χ4n) is 1.37. The molecular weight excluding hydrogens is 232 g/mol. The first-order chi connectivity index (χ1) is 8.10. The highest BCUT2D eigenvalue weighted by molar-refractivity contribution is 5.78. The summed E-state index contributed by atoms with van der Waals surface area (Å²) in [4.78, 5) is 24.8. The predicted molar refractivity (Wildman–Crippen MR) is 71.2 cm³/mol. The van der Waals surface area contributed by atoms with Crippen LogP contribution in [0.25, 0.3) is 0 Å². The molecule has 0 unspecified atom stereocenters. The fourth-order valence-corrected chi connectivity index (χ4v) is 1.37. The van der Waals surface area contributed by atoms with Crippen molar-refractivity contribution in [1.82, 2.24) is 10.2 Å². The third-order valence-corrected chi connectivity index (χ3v) is 1.98. The molecule has 0 saturated heterocycles. The van der Waals surface area contributed by atoms with Crippen LogP contribution in [0.1, 0.15) is 41.0 Å². The molecule has 0 aliphatic rings. The van der Waals surface area contributed by atoms with E-state index in [1.54, 1.807) is 0 Å². The summed E-state index contributed by atoms with van der Waals surface area (Å²) < 4.78 is 5.19. The largest absolute Gasteiger partial charge is 0.460 e. The number of hydrogen-bond donors (Lipinski definition) is 1. The standard InChI is InChI=1S/C13H26N2O3/c1-10(2)14-11(16)9-15(6)8-7-12(17)18-13(3,4)5/h10H,7-9H2,1-6H3,(H,14,16). The van der Waals surface area contributed by atoms with Crippen molar-refractivity contribution >= 4 is 11.9 Å². The Morgan fingerprint density at radius 2 is 1.83 bits per heavy atom. The van der Waals surface area contributed by atoms with E-state index in [4.69, 9.17) is 4.74 Å². The normalized spacial score (nSPS) is 11.8. The summed E-state index contributed by atoms with van der Waals surface area (Å²) in [6, 6.07) is 0.136. The first-order valence-electron chi connectivity index (χ1n) is 6.30. The highest BCUT2D eigenvalue weighted by Gasteiger charge is 2.17. The van der Waals surface area contributed by atoms with Gasteiger partial charge in [0.15, 0.2) is 0 Å². The molecule has 18 heavy (non-hydrogen) atoms. The zero-order valence-corrected chi connectivity index (χ0v) is 12.4. The van der Waals surface area contributed by atoms with E-state index >= 15 is 0 Å². The van der Waals surface area contributed by atoms with Crippen LogP contribution < -0.4 is 5.32 Å². The van der Waals surface area contributed by atoms with E-state index < -0.39 is 5.60 Å². The Labute approximate surface area is 110 Å². The van der Waals surface area contributed by atoms with Gasteiger partial charge >= 0.3 is 5.97 Å². The maximum absolute atomic E-state index is 11.5. The molecule has 0 saturated carbocycles. The van der Waals surface area contributed by atoms with Crippen molar-refractivity contribution in [2.24, 2.45) is 0 Å². The van der Waals surface area contributed by atoms with Crippen molar-refractivity contribution in [1.29, 1.82) is 0 Å². The average Bonchev–Trinajstić information content (AvgIpc) is 2.10. The second-order valence-corrected chi connectivity index (χ2v) is 5.80. The van der Waals surface area contributed by atoms with Gasteiger partial charge in [-0.2, -0.15) is 0 Å². The number of carbonyl (C=O) groups excluding carboxylic acids is 2. The van der Waals surface area contributed by atoms with E-state index in [2.05, 4.69) is 5.32 Å². The van der Waals surface area contributed by atoms with Gasteiger partial charge in [-0.1, -0.05) is 0 Å². The van der Waals surface area contributed by atoms with Crippen molar-refractivity contribution < 1.29 is 14.3 Å². The highest BCUT2D eigenvalue weighted by atomic mass is 16.6. The molecule has 0 spiro atoms. The van der Waals surface area contributed by atoms with Gasteiger partial charge in [0.25, 0.3) is 0 Å². The number of likely N-dealkylation sites (N-methyl/N-ethyl adjacent to an activating group) is 1. The van der Waals surface area contributed by atoms with E-state index in [1.165, 1.54) is 0 Å². The SMILES string of the molecule is CC(C)NC(=O)CN(C)CCC(=O)OC(C)(C)C. The first-order valence-corrected chi connectivity index (χ1v) is 6.30. The van der Waals surface area contributed by atoms with Crippen LogP contribution in [0.2, 0.25) is 0 Å². The van der Waals surface area contributed by atoms with E-state index in [9.17, 15) is 9.59 Å². The maximum Gasteiger partial charge on any atom is 0.307 e. The maximum atomic E-state index is 11.5. The minimum Gasteiger partial charge on any atom is -0.460 e. The lowest BCUT2D eigenvalue weighted by atomic mass is 10.2. The number of nitrogens with one attached hydrogen (secondary N) is 1. The Hall–Kier alpha value is -1.10. The molecule has 0 fully saturated rings. The average molecular weight is 258 g/mol. The molecule has 1 amide bonds. The summed E-state index contributed by atoms with van der Waals surface area (Å²) in [5.74, 6) is -0.268. The van der Waals surface area contributed by atoms with E-state index in [0.29, 0.717) is 19.5 Å². The number of amides is 1. The highest BCUT2D eigenvalue weighted by Crippen LogP contribution is 2.08. The van der Waals surface area contributed by atoms with Gasteiger partial charge in [0.1, 0.15) is 5.60 Å². The van der Waals surface area contributed by atoms with Gasteiger partial charge in [0, 0.05) is 12.6 Å². The molecule has 0 aliphatic heterocycles. The minimum atomic E-state index is -0.454. The van der Waals surface area contributed by atoms with Gasteiger partial charge in [-0.3, -0.25) is 14.5 Å². The van der Waals surface area contributed by atoms with Crippen LogP contribution in [0.3, 0.4) is 0 Å². The first kappa shape index (κ1) is 16.9. The molecular formula is C13H26N2O3. The van der Waals surface area contributed by atoms with Gasteiger partial charge in [-0.25, -0.2) is 0 Å². The number of esters is 1. The summed E-state index contributed by atoms with van der Waals surface area (Å²) >= 11 is 0. The molecule has 1 N–H and O–H groups in total. The molecule has 0 heterocycles. The number of rotatable bonds is 6. The van der Waals surface area contributed by atoms with Crippen LogP contribution in [0, 0.1) is 0 Å². The van der Waals surface area contributed by atoms with E-state index in [-0.39, 0.29) is 17.9 Å². The zero-order valence-electron chi connectivity index (χ0n) is 12.4. The topological polar surface area (TPSA) is 58.6 Å². The molecule has 0 aromatic carbocycles. The van der Waals surface area contributed by atoms with E-state index in [1.807, 2.05) is 46.6 Å². The quantitative estimate of drug-likeness (QED) is 0.727. The Bertz CT molecular complexity index is 282. The van der Waals surface area contributed by atoms with Crippen molar-refractivity contribution in [3.8, 4) is 0 Å². The van der Waals surface area contributed by atoms with Crippen LogP contribution in [-0.4, -0.2) is 48.6 Å². The Morgan fingerprint density at radius 3 is 2.28 bits per heavy atom. The third kappa shape index (κ3) is 10.1. The number of ether oxygens (including phenoxy) is 1. The third-order valence-electron chi connectivity index (χ3n) is 1.98. The lowest BCUT2D eigenvalue weighted by molar-refractivity contribution is -0.155. The summed E-state index contributed by atoms with van der Waals surface area (Å²) in [7, 11) is 1.81. The van der Waals surface area contributed by atoms with Gasteiger partial charge < -0.3 is 10.1 Å². The van der Waals surface area contributed by atoms with Crippen molar-refractivity contribution in [3.05, 3.63) is 0 Å². The van der Waals surface area contributed by atoms with Crippen molar-refractivity contribution in [3.63, 3.8) is 0 Å². The van der Waals surface area contributed by atoms with Crippen LogP contribution in [0.4, 0.5) is 0 Å². The van der Waals surface area contributed by atoms with Gasteiger partial charge in [0.05, 0.1) is 13.0 Å². The molecule has 0 aliphatic carbocycles. The molecule has 5 heteroatoms. The summed E-state index contributed by atoms with van der Waals surface area (Å²) in [6.45, 7) is 10.2. The van der Waals surface area contributed by atoms with Crippen LogP contribution in [-0.2, 0) is 14.3 Å². The smallest absolute Gasteiger partial charge is 0.307 e. The summed E-state index contributed by atoms with van der Waals surface area (Å²) in [5.41, 5.74) is -0.454. The molecule has 0 aromatic rings. The number of hydrogen-bond acceptors (Lipinski definition) is 4. The molecule has 0 atom stereocenters. The van der Waals surface area contributed by atoms with Crippen LogP contribution in [0.15, 0.2) is 0 Å². The molecule has 106 valence electrons.